The lowest BCUT2D eigenvalue weighted by Gasteiger charge is -2.41. The van der Waals surface area contributed by atoms with Gasteiger partial charge in [-0.25, -0.2) is 0 Å². The van der Waals surface area contributed by atoms with Gasteiger partial charge in [-0.05, 0) is 25.5 Å². The van der Waals surface area contributed by atoms with Crippen molar-refractivity contribution in [2.45, 2.75) is 13.8 Å². The van der Waals surface area contributed by atoms with Crippen molar-refractivity contribution in [2.24, 2.45) is 11.3 Å². The second-order valence-electron chi connectivity index (χ2n) is 5.16. The van der Waals surface area contributed by atoms with Crippen LogP contribution in [0.3, 0.4) is 0 Å². The molecule has 2 aliphatic rings. The molecule has 0 fully saturated rings. The van der Waals surface area contributed by atoms with Crippen molar-refractivity contribution in [3.8, 4) is 6.07 Å². The van der Waals surface area contributed by atoms with Crippen LogP contribution in [-0.2, 0) is 4.79 Å². The van der Waals surface area contributed by atoms with Gasteiger partial charge in [0.05, 0.1) is 11.0 Å². The van der Waals surface area contributed by atoms with E-state index in [9.17, 15) is 4.79 Å². The lowest BCUT2D eigenvalue weighted by Crippen LogP contribution is -2.40. The molecule has 0 saturated carbocycles. The maximum atomic E-state index is 12.1. The molecule has 0 aromatic carbocycles. The van der Waals surface area contributed by atoms with Gasteiger partial charge in [0, 0.05) is 25.2 Å². The number of ketones is 1. The third kappa shape index (κ3) is 1.52. The highest BCUT2D eigenvalue weighted by atomic mass is 16.1. The number of hydrogen-bond donors (Lipinski definition) is 0. The molecule has 1 unspecified atom stereocenters. The van der Waals surface area contributed by atoms with E-state index in [1.807, 2.05) is 31.9 Å². The molecule has 0 N–H and O–H groups in total. The van der Waals surface area contributed by atoms with Crippen molar-refractivity contribution in [2.75, 3.05) is 13.6 Å². The lowest BCUT2D eigenvalue weighted by atomic mass is 9.66. The third-order valence-corrected chi connectivity index (χ3v) is 3.76. The zero-order valence-corrected chi connectivity index (χ0v) is 10.4. The molecule has 2 rings (SSSR count). The van der Waals surface area contributed by atoms with Crippen LogP contribution >= 0.6 is 0 Å². The molecule has 1 aliphatic carbocycles. The van der Waals surface area contributed by atoms with Gasteiger partial charge >= 0.3 is 0 Å². The average molecular weight is 228 g/mol. The SMILES string of the molecule is C=C1C2C=C(C#N)C(=O)C(C)(C)C2=CCN1C. The number of nitrogens with zero attached hydrogens (tertiary/aromatic N) is 2. The van der Waals surface area contributed by atoms with Crippen LogP contribution in [0, 0.1) is 22.7 Å². The van der Waals surface area contributed by atoms with E-state index in [1.165, 1.54) is 0 Å². The third-order valence-electron chi connectivity index (χ3n) is 3.76. The molecule has 0 bridgehead atoms. The van der Waals surface area contributed by atoms with E-state index in [1.54, 1.807) is 6.08 Å². The summed E-state index contributed by atoms with van der Waals surface area (Å²) in [4.78, 5) is 14.2. The Morgan fingerprint density at radius 3 is 2.82 bits per heavy atom. The van der Waals surface area contributed by atoms with E-state index in [4.69, 9.17) is 5.26 Å². The Labute approximate surface area is 102 Å². The molecule has 3 heteroatoms. The Bertz CT molecular complexity index is 503. The van der Waals surface area contributed by atoms with Crippen LogP contribution in [0.15, 0.2) is 35.6 Å². The Morgan fingerprint density at radius 1 is 1.59 bits per heavy atom. The predicted octanol–water partition coefficient (Wildman–Crippen LogP) is 2.05. The van der Waals surface area contributed by atoms with Gasteiger partial charge in [-0.3, -0.25) is 4.79 Å². The van der Waals surface area contributed by atoms with Gasteiger partial charge in [-0.2, -0.15) is 5.26 Å². The molecule has 0 aromatic rings. The van der Waals surface area contributed by atoms with Crippen LogP contribution in [0.4, 0.5) is 0 Å². The summed E-state index contributed by atoms with van der Waals surface area (Å²) >= 11 is 0. The molecule has 0 saturated heterocycles. The van der Waals surface area contributed by atoms with E-state index in [-0.39, 0.29) is 17.3 Å². The molecule has 0 spiro atoms. The van der Waals surface area contributed by atoms with Gasteiger partial charge in [0.1, 0.15) is 6.07 Å². The number of fused-ring (bicyclic) bond motifs is 1. The number of carbonyl (C=O) groups excluding carboxylic acids is 1. The molecular formula is C14H16N2O. The van der Waals surface area contributed by atoms with Crippen LogP contribution in [0.1, 0.15) is 13.8 Å². The number of Topliss-reactive ketones (excluding diaryl/α,β-unsaturated/α-hetero) is 1. The van der Waals surface area contributed by atoms with Gasteiger partial charge in [0.25, 0.3) is 0 Å². The monoisotopic (exact) mass is 228 g/mol. The largest absolute Gasteiger partial charge is 0.374 e. The zero-order valence-electron chi connectivity index (χ0n) is 10.4. The normalized spacial score (nSPS) is 26.9. The summed E-state index contributed by atoms with van der Waals surface area (Å²) in [6, 6.07) is 2.00. The molecule has 0 radical (unpaired) electrons. The first-order valence-corrected chi connectivity index (χ1v) is 5.66. The molecule has 0 amide bonds. The molecule has 17 heavy (non-hydrogen) atoms. The second kappa shape index (κ2) is 3.59. The van der Waals surface area contributed by atoms with E-state index in [0.29, 0.717) is 0 Å². The first-order valence-electron chi connectivity index (χ1n) is 5.66. The summed E-state index contributed by atoms with van der Waals surface area (Å²) < 4.78 is 0. The Kier molecular flexibility index (Phi) is 2.46. The highest BCUT2D eigenvalue weighted by Gasteiger charge is 2.43. The molecule has 1 aliphatic heterocycles. The van der Waals surface area contributed by atoms with Crippen molar-refractivity contribution in [1.29, 1.82) is 5.26 Å². The first-order chi connectivity index (χ1) is 7.89. The molecule has 3 nitrogen and oxygen atoms in total. The summed E-state index contributed by atoms with van der Waals surface area (Å²) in [5.74, 6) is -0.0871. The van der Waals surface area contributed by atoms with E-state index >= 15 is 0 Å². The van der Waals surface area contributed by atoms with E-state index in [2.05, 4.69) is 12.7 Å². The summed E-state index contributed by atoms with van der Waals surface area (Å²) in [7, 11) is 1.97. The summed E-state index contributed by atoms with van der Waals surface area (Å²) in [6.07, 6.45) is 3.83. The van der Waals surface area contributed by atoms with Crippen LogP contribution in [-0.4, -0.2) is 24.3 Å². The van der Waals surface area contributed by atoms with E-state index in [0.717, 1.165) is 17.8 Å². The number of likely N-dealkylation sites (N-methyl/N-ethyl adjacent to an activating group) is 1. The fraction of sp³-hybridized carbons (Fsp3) is 0.429. The first kappa shape index (κ1) is 11.7. The smallest absolute Gasteiger partial charge is 0.182 e. The molecule has 88 valence electrons. The Hall–Kier alpha value is -1.82. The molecular weight excluding hydrogens is 212 g/mol. The highest BCUT2D eigenvalue weighted by molar-refractivity contribution is 6.06. The van der Waals surface area contributed by atoms with Crippen LogP contribution in [0.5, 0.6) is 0 Å². The van der Waals surface area contributed by atoms with Gasteiger partial charge in [-0.1, -0.05) is 12.7 Å². The van der Waals surface area contributed by atoms with Crippen molar-refractivity contribution < 1.29 is 4.79 Å². The van der Waals surface area contributed by atoms with Crippen molar-refractivity contribution >= 4 is 5.78 Å². The predicted molar refractivity (Wildman–Crippen MR) is 65.8 cm³/mol. The Morgan fingerprint density at radius 2 is 2.24 bits per heavy atom. The minimum Gasteiger partial charge on any atom is -0.374 e. The lowest BCUT2D eigenvalue weighted by molar-refractivity contribution is -0.121. The zero-order chi connectivity index (χ0) is 12.8. The van der Waals surface area contributed by atoms with Crippen LogP contribution in [0.2, 0.25) is 0 Å². The second-order valence-corrected chi connectivity index (χ2v) is 5.16. The van der Waals surface area contributed by atoms with Gasteiger partial charge in [-0.15, -0.1) is 0 Å². The van der Waals surface area contributed by atoms with Crippen LogP contribution < -0.4 is 0 Å². The summed E-state index contributed by atoms with van der Waals surface area (Å²) in [5, 5.41) is 9.03. The van der Waals surface area contributed by atoms with Gasteiger partial charge < -0.3 is 4.90 Å². The summed E-state index contributed by atoms with van der Waals surface area (Å²) in [6.45, 7) is 8.61. The molecule has 1 atom stereocenters. The van der Waals surface area contributed by atoms with Crippen molar-refractivity contribution in [1.82, 2.24) is 4.90 Å². The number of rotatable bonds is 0. The van der Waals surface area contributed by atoms with Crippen molar-refractivity contribution in [3.05, 3.63) is 35.6 Å². The summed E-state index contributed by atoms with van der Waals surface area (Å²) in [5.41, 5.74) is 1.70. The van der Waals surface area contributed by atoms with E-state index < -0.39 is 5.41 Å². The number of hydrogen-bond acceptors (Lipinski definition) is 3. The Balaban J connectivity index is 2.60. The fourth-order valence-corrected chi connectivity index (χ4v) is 2.52. The van der Waals surface area contributed by atoms with Gasteiger partial charge in [0.2, 0.25) is 0 Å². The van der Waals surface area contributed by atoms with Crippen molar-refractivity contribution in [3.63, 3.8) is 0 Å². The molecule has 1 heterocycles. The van der Waals surface area contributed by atoms with Gasteiger partial charge in [0.15, 0.2) is 5.78 Å². The highest BCUT2D eigenvalue weighted by Crippen LogP contribution is 2.44. The fourth-order valence-electron chi connectivity index (χ4n) is 2.52. The number of allylic oxidation sites excluding steroid dienone is 2. The topological polar surface area (TPSA) is 44.1 Å². The quantitative estimate of drug-likeness (QED) is 0.596. The average Bonchev–Trinajstić information content (AvgIpc) is 2.28. The molecule has 0 aromatic heterocycles. The minimum absolute atomic E-state index is 0.00361. The standard InChI is InChI=1S/C14H16N2O/c1-9-11-7-10(8-15)13(17)14(2,3)12(11)5-6-16(9)4/h5,7,11H,1,6H2,2-4H3. The maximum Gasteiger partial charge on any atom is 0.182 e. The number of nitriles is 1. The minimum atomic E-state index is -0.589. The van der Waals surface area contributed by atoms with Crippen LogP contribution in [0.25, 0.3) is 0 Å². The maximum absolute atomic E-state index is 12.1. The number of carbonyl (C=O) groups is 1.